The van der Waals surface area contributed by atoms with Crippen molar-refractivity contribution >= 4 is 29.1 Å². The molecular formula is C11H11Cl2NO2. The Morgan fingerprint density at radius 3 is 3.06 bits per heavy atom. The van der Waals surface area contributed by atoms with Gasteiger partial charge in [-0.2, -0.15) is 0 Å². The zero-order valence-corrected chi connectivity index (χ0v) is 10.1. The van der Waals surface area contributed by atoms with Crippen molar-refractivity contribution in [1.82, 2.24) is 4.90 Å². The third kappa shape index (κ3) is 2.42. The predicted molar refractivity (Wildman–Crippen MR) is 63.1 cm³/mol. The normalized spacial score (nSPS) is 15.0. The van der Waals surface area contributed by atoms with Gasteiger partial charge in [0.05, 0.1) is 6.54 Å². The summed E-state index contributed by atoms with van der Waals surface area (Å²) in [6, 6.07) is 5.42. The van der Waals surface area contributed by atoms with E-state index in [4.69, 9.17) is 27.9 Å². The fourth-order valence-corrected chi connectivity index (χ4v) is 2.02. The SMILES string of the molecule is O=C(CCl)N1CCOc2ccc(Cl)cc2C1. The van der Waals surface area contributed by atoms with Gasteiger partial charge in [-0.15, -0.1) is 11.6 Å². The molecule has 1 aliphatic heterocycles. The molecule has 16 heavy (non-hydrogen) atoms. The molecule has 2 rings (SSSR count). The predicted octanol–water partition coefficient (Wildman–Crippen LogP) is 2.30. The molecule has 86 valence electrons. The zero-order chi connectivity index (χ0) is 11.5. The van der Waals surface area contributed by atoms with Crippen molar-refractivity contribution in [3.05, 3.63) is 28.8 Å². The van der Waals surface area contributed by atoms with Gasteiger partial charge in [-0.3, -0.25) is 4.79 Å². The molecule has 0 atom stereocenters. The molecular weight excluding hydrogens is 249 g/mol. The summed E-state index contributed by atoms with van der Waals surface area (Å²) >= 11 is 11.4. The van der Waals surface area contributed by atoms with E-state index in [0.29, 0.717) is 24.7 Å². The summed E-state index contributed by atoms with van der Waals surface area (Å²) in [6.45, 7) is 1.54. The van der Waals surface area contributed by atoms with E-state index >= 15 is 0 Å². The third-order valence-corrected chi connectivity index (χ3v) is 2.93. The number of halogens is 2. The number of carbonyl (C=O) groups is 1. The summed E-state index contributed by atoms with van der Waals surface area (Å²) < 4.78 is 5.53. The highest BCUT2D eigenvalue weighted by molar-refractivity contribution is 6.30. The van der Waals surface area contributed by atoms with Crippen LogP contribution in [0.25, 0.3) is 0 Å². The summed E-state index contributed by atoms with van der Waals surface area (Å²) in [5, 5.41) is 0.641. The molecule has 0 bridgehead atoms. The van der Waals surface area contributed by atoms with E-state index < -0.39 is 0 Å². The number of benzene rings is 1. The van der Waals surface area contributed by atoms with E-state index in [0.717, 1.165) is 11.3 Å². The third-order valence-electron chi connectivity index (χ3n) is 2.47. The highest BCUT2D eigenvalue weighted by atomic mass is 35.5. The van der Waals surface area contributed by atoms with Crippen LogP contribution in [0.5, 0.6) is 5.75 Å². The fourth-order valence-electron chi connectivity index (χ4n) is 1.66. The number of alkyl halides is 1. The van der Waals surface area contributed by atoms with Crippen molar-refractivity contribution in [3.8, 4) is 5.75 Å². The van der Waals surface area contributed by atoms with Gasteiger partial charge in [0, 0.05) is 17.1 Å². The monoisotopic (exact) mass is 259 g/mol. The molecule has 0 aliphatic carbocycles. The van der Waals surface area contributed by atoms with Crippen LogP contribution >= 0.6 is 23.2 Å². The lowest BCUT2D eigenvalue weighted by Gasteiger charge is -2.18. The van der Waals surface area contributed by atoms with Gasteiger partial charge in [0.15, 0.2) is 0 Å². The molecule has 1 aliphatic rings. The molecule has 0 saturated carbocycles. The molecule has 0 unspecified atom stereocenters. The Kier molecular flexibility index (Phi) is 3.56. The summed E-state index contributed by atoms with van der Waals surface area (Å²) in [6.07, 6.45) is 0. The van der Waals surface area contributed by atoms with Gasteiger partial charge in [0.25, 0.3) is 0 Å². The highest BCUT2D eigenvalue weighted by Gasteiger charge is 2.19. The molecule has 3 nitrogen and oxygen atoms in total. The van der Waals surface area contributed by atoms with Crippen LogP contribution in [-0.2, 0) is 11.3 Å². The second-order valence-electron chi connectivity index (χ2n) is 3.55. The van der Waals surface area contributed by atoms with Gasteiger partial charge in [0.1, 0.15) is 18.2 Å². The average Bonchev–Trinajstić information content (AvgIpc) is 2.49. The quantitative estimate of drug-likeness (QED) is 0.725. The summed E-state index contributed by atoms with van der Waals surface area (Å²) in [5.74, 6) is 0.697. The Hall–Kier alpha value is -0.930. The maximum atomic E-state index is 11.5. The lowest BCUT2D eigenvalue weighted by atomic mass is 10.2. The van der Waals surface area contributed by atoms with E-state index in [1.807, 2.05) is 12.1 Å². The van der Waals surface area contributed by atoms with E-state index in [9.17, 15) is 4.79 Å². The minimum Gasteiger partial charge on any atom is -0.491 e. The molecule has 1 aromatic rings. The van der Waals surface area contributed by atoms with Crippen molar-refractivity contribution in [3.63, 3.8) is 0 Å². The van der Waals surface area contributed by atoms with Crippen molar-refractivity contribution in [2.45, 2.75) is 6.54 Å². The number of amides is 1. The van der Waals surface area contributed by atoms with E-state index in [-0.39, 0.29) is 11.8 Å². The number of hydrogen-bond donors (Lipinski definition) is 0. The Labute approximate surface area is 104 Å². The van der Waals surface area contributed by atoms with Crippen molar-refractivity contribution < 1.29 is 9.53 Å². The van der Waals surface area contributed by atoms with E-state index in [2.05, 4.69) is 0 Å². The lowest BCUT2D eigenvalue weighted by Crippen LogP contribution is -2.33. The zero-order valence-electron chi connectivity index (χ0n) is 8.58. The van der Waals surface area contributed by atoms with Gasteiger partial charge in [-0.05, 0) is 18.2 Å². The van der Waals surface area contributed by atoms with Gasteiger partial charge in [-0.25, -0.2) is 0 Å². The van der Waals surface area contributed by atoms with Crippen LogP contribution in [0.3, 0.4) is 0 Å². The first-order valence-corrected chi connectivity index (χ1v) is 5.87. The summed E-state index contributed by atoms with van der Waals surface area (Å²) in [4.78, 5) is 13.2. The van der Waals surface area contributed by atoms with Gasteiger partial charge >= 0.3 is 0 Å². The number of hydrogen-bond acceptors (Lipinski definition) is 2. The van der Waals surface area contributed by atoms with E-state index in [1.54, 1.807) is 11.0 Å². The van der Waals surface area contributed by atoms with Crippen LogP contribution in [-0.4, -0.2) is 29.8 Å². The van der Waals surface area contributed by atoms with E-state index in [1.165, 1.54) is 0 Å². The van der Waals surface area contributed by atoms with Crippen molar-refractivity contribution in [2.24, 2.45) is 0 Å². The van der Waals surface area contributed by atoms with Crippen LogP contribution in [0.2, 0.25) is 5.02 Å². The molecule has 0 spiro atoms. The first kappa shape index (κ1) is 11.6. The van der Waals surface area contributed by atoms with Crippen LogP contribution in [0.4, 0.5) is 0 Å². The average molecular weight is 260 g/mol. The Bertz CT molecular complexity index is 409. The van der Waals surface area contributed by atoms with Gasteiger partial charge in [0.2, 0.25) is 5.91 Å². The second-order valence-corrected chi connectivity index (χ2v) is 4.25. The fraction of sp³-hybridized carbons (Fsp3) is 0.364. The Morgan fingerprint density at radius 1 is 1.50 bits per heavy atom. The first-order chi connectivity index (χ1) is 7.70. The standard InChI is InChI=1S/C11H11Cl2NO2/c12-6-11(15)14-3-4-16-10-2-1-9(13)5-8(10)7-14/h1-2,5H,3-4,6-7H2. The number of rotatable bonds is 1. The van der Waals surface area contributed by atoms with Gasteiger partial charge in [-0.1, -0.05) is 11.6 Å². The van der Waals surface area contributed by atoms with Crippen LogP contribution in [0.1, 0.15) is 5.56 Å². The molecule has 1 aromatic carbocycles. The molecule has 0 saturated heterocycles. The number of ether oxygens (including phenoxy) is 1. The summed E-state index contributed by atoms with van der Waals surface area (Å²) in [7, 11) is 0. The second kappa shape index (κ2) is 4.93. The molecule has 0 N–H and O–H groups in total. The Morgan fingerprint density at radius 2 is 2.31 bits per heavy atom. The topological polar surface area (TPSA) is 29.5 Å². The van der Waals surface area contributed by atoms with Crippen molar-refractivity contribution in [2.75, 3.05) is 19.0 Å². The highest BCUT2D eigenvalue weighted by Crippen LogP contribution is 2.26. The molecule has 0 fully saturated rings. The maximum absolute atomic E-state index is 11.5. The Balaban J connectivity index is 2.25. The molecule has 0 aromatic heterocycles. The first-order valence-electron chi connectivity index (χ1n) is 4.95. The maximum Gasteiger partial charge on any atom is 0.237 e. The molecule has 1 heterocycles. The number of nitrogens with zero attached hydrogens (tertiary/aromatic N) is 1. The number of fused-ring (bicyclic) bond motifs is 1. The van der Waals surface area contributed by atoms with Crippen LogP contribution in [0, 0.1) is 0 Å². The lowest BCUT2D eigenvalue weighted by molar-refractivity contribution is -0.129. The molecule has 5 heteroatoms. The minimum absolute atomic E-state index is 0.00407. The number of carbonyl (C=O) groups excluding carboxylic acids is 1. The van der Waals surface area contributed by atoms with Gasteiger partial charge < -0.3 is 9.64 Å². The molecule has 0 radical (unpaired) electrons. The van der Waals surface area contributed by atoms with Crippen LogP contribution < -0.4 is 4.74 Å². The van der Waals surface area contributed by atoms with Crippen LogP contribution in [0.15, 0.2) is 18.2 Å². The minimum atomic E-state index is -0.0851. The molecule has 1 amide bonds. The largest absolute Gasteiger partial charge is 0.491 e. The smallest absolute Gasteiger partial charge is 0.237 e. The van der Waals surface area contributed by atoms with Crippen molar-refractivity contribution in [1.29, 1.82) is 0 Å². The summed E-state index contributed by atoms with van der Waals surface area (Å²) in [5.41, 5.74) is 0.920.